The quantitative estimate of drug-likeness (QED) is 0.668. The molecule has 0 bridgehead atoms. The molecule has 0 aliphatic carbocycles. The molecule has 0 unspecified atom stereocenters. The number of thioether (sulfide) groups is 1. The fraction of sp³-hybridized carbons (Fsp3) is 0.188. The molecule has 0 aliphatic rings. The second kappa shape index (κ2) is 6.37. The van der Waals surface area contributed by atoms with Gasteiger partial charge in [0.1, 0.15) is 5.75 Å². The standard InChI is InChI=1S/C16H16N2OS2/c1-2-17-16-18-9-11(21-16)10-20-15-8-7-14(19)12-5-3-4-6-13(12)15/h3-9,19H,2,10H2,1H3,(H,17,18). The average Bonchev–Trinajstić information content (AvgIpc) is 2.95. The molecule has 1 heterocycles. The van der Waals surface area contributed by atoms with Crippen molar-refractivity contribution in [2.24, 2.45) is 0 Å². The van der Waals surface area contributed by atoms with Gasteiger partial charge in [0.2, 0.25) is 0 Å². The van der Waals surface area contributed by atoms with E-state index in [-0.39, 0.29) is 0 Å². The van der Waals surface area contributed by atoms with Crippen LogP contribution in [0.5, 0.6) is 5.75 Å². The van der Waals surface area contributed by atoms with Crippen molar-refractivity contribution >= 4 is 39.0 Å². The van der Waals surface area contributed by atoms with Gasteiger partial charge in [-0.25, -0.2) is 4.98 Å². The van der Waals surface area contributed by atoms with E-state index < -0.39 is 0 Å². The van der Waals surface area contributed by atoms with Gasteiger partial charge in [-0.3, -0.25) is 0 Å². The Hall–Kier alpha value is -1.72. The number of fused-ring (bicyclic) bond motifs is 1. The fourth-order valence-corrected chi connectivity index (χ4v) is 4.10. The predicted octanol–water partition coefficient (Wildman–Crippen LogP) is 4.73. The second-order valence-electron chi connectivity index (χ2n) is 4.58. The van der Waals surface area contributed by atoms with Crippen LogP contribution in [0.3, 0.4) is 0 Å². The first-order valence-corrected chi connectivity index (χ1v) is 8.60. The highest BCUT2D eigenvalue weighted by atomic mass is 32.2. The van der Waals surface area contributed by atoms with Gasteiger partial charge >= 0.3 is 0 Å². The van der Waals surface area contributed by atoms with Crippen molar-refractivity contribution < 1.29 is 5.11 Å². The number of nitrogens with one attached hydrogen (secondary N) is 1. The number of hydrogen-bond donors (Lipinski definition) is 2. The van der Waals surface area contributed by atoms with E-state index in [0.717, 1.165) is 28.2 Å². The summed E-state index contributed by atoms with van der Waals surface area (Å²) in [6.07, 6.45) is 1.93. The van der Waals surface area contributed by atoms with Crippen molar-refractivity contribution in [2.45, 2.75) is 17.6 Å². The third kappa shape index (κ3) is 3.14. The van der Waals surface area contributed by atoms with Crippen LogP contribution in [0.2, 0.25) is 0 Å². The van der Waals surface area contributed by atoms with Crippen LogP contribution >= 0.6 is 23.1 Å². The SMILES string of the molecule is CCNc1ncc(CSc2ccc(O)c3ccccc23)s1. The van der Waals surface area contributed by atoms with Crippen LogP contribution in [0.25, 0.3) is 10.8 Å². The lowest BCUT2D eigenvalue weighted by atomic mass is 10.1. The number of hydrogen-bond acceptors (Lipinski definition) is 5. The van der Waals surface area contributed by atoms with Crippen LogP contribution in [0.1, 0.15) is 11.8 Å². The zero-order valence-electron chi connectivity index (χ0n) is 11.7. The number of rotatable bonds is 5. The molecule has 3 nitrogen and oxygen atoms in total. The molecule has 2 N–H and O–H groups in total. The summed E-state index contributed by atoms with van der Waals surface area (Å²) in [5.74, 6) is 1.22. The van der Waals surface area contributed by atoms with Crippen LogP contribution in [0.4, 0.5) is 5.13 Å². The first kappa shape index (κ1) is 14.2. The average molecular weight is 316 g/mol. The molecule has 0 radical (unpaired) electrons. The van der Waals surface area contributed by atoms with Crippen molar-refractivity contribution in [1.29, 1.82) is 0 Å². The summed E-state index contributed by atoms with van der Waals surface area (Å²) in [6.45, 7) is 2.96. The lowest BCUT2D eigenvalue weighted by molar-refractivity contribution is 0.481. The molecule has 0 saturated heterocycles. The lowest BCUT2D eigenvalue weighted by Crippen LogP contribution is -1.94. The fourth-order valence-electron chi connectivity index (χ4n) is 2.14. The van der Waals surface area contributed by atoms with Crippen LogP contribution in [0, 0.1) is 0 Å². The molecule has 1 aromatic heterocycles. The van der Waals surface area contributed by atoms with Crippen molar-refractivity contribution in [3.63, 3.8) is 0 Å². The van der Waals surface area contributed by atoms with E-state index >= 15 is 0 Å². The molecule has 5 heteroatoms. The lowest BCUT2D eigenvalue weighted by Gasteiger charge is -2.07. The van der Waals surface area contributed by atoms with E-state index in [1.165, 1.54) is 9.77 Å². The van der Waals surface area contributed by atoms with E-state index in [4.69, 9.17) is 0 Å². The van der Waals surface area contributed by atoms with Gasteiger partial charge in [0.05, 0.1) is 0 Å². The number of thiazole rings is 1. The largest absolute Gasteiger partial charge is 0.507 e. The normalized spacial score (nSPS) is 10.9. The van der Waals surface area contributed by atoms with Crippen molar-refractivity contribution in [2.75, 3.05) is 11.9 Å². The monoisotopic (exact) mass is 316 g/mol. The number of anilines is 1. The zero-order valence-corrected chi connectivity index (χ0v) is 13.3. The van der Waals surface area contributed by atoms with Crippen molar-refractivity contribution in [1.82, 2.24) is 4.98 Å². The topological polar surface area (TPSA) is 45.2 Å². The number of nitrogens with zero attached hydrogens (tertiary/aromatic N) is 1. The van der Waals surface area contributed by atoms with Crippen LogP contribution in [0.15, 0.2) is 47.5 Å². The number of phenolic OH excluding ortho intramolecular Hbond substituents is 1. The molecule has 0 fully saturated rings. The van der Waals surface area contributed by atoms with Gasteiger partial charge in [-0.1, -0.05) is 24.3 Å². The Bertz CT molecular complexity index is 755. The van der Waals surface area contributed by atoms with E-state index in [0.29, 0.717) is 5.75 Å². The summed E-state index contributed by atoms with van der Waals surface area (Å²) in [5.41, 5.74) is 0. The molecule has 3 aromatic rings. The van der Waals surface area contributed by atoms with Gasteiger partial charge in [0.15, 0.2) is 5.13 Å². The number of phenols is 1. The molecule has 2 aromatic carbocycles. The molecule has 0 amide bonds. The number of aromatic hydroxyl groups is 1. The van der Waals surface area contributed by atoms with Crippen LogP contribution in [-0.4, -0.2) is 16.6 Å². The third-order valence-corrected chi connectivity index (χ3v) is 5.37. The molecular formula is C16H16N2OS2. The molecule has 21 heavy (non-hydrogen) atoms. The zero-order chi connectivity index (χ0) is 14.7. The molecule has 0 saturated carbocycles. The highest BCUT2D eigenvalue weighted by Gasteiger charge is 2.07. The van der Waals surface area contributed by atoms with Gasteiger partial charge in [0, 0.05) is 33.7 Å². The van der Waals surface area contributed by atoms with Gasteiger partial charge in [0.25, 0.3) is 0 Å². The van der Waals surface area contributed by atoms with E-state index in [9.17, 15) is 5.11 Å². The predicted molar refractivity (Wildman–Crippen MR) is 91.5 cm³/mol. The first-order valence-electron chi connectivity index (χ1n) is 6.80. The van der Waals surface area contributed by atoms with E-state index in [1.54, 1.807) is 29.2 Å². The Morgan fingerprint density at radius 2 is 2.00 bits per heavy atom. The van der Waals surface area contributed by atoms with Crippen molar-refractivity contribution in [3.05, 3.63) is 47.5 Å². The first-order chi connectivity index (χ1) is 10.3. The smallest absolute Gasteiger partial charge is 0.182 e. The summed E-state index contributed by atoms with van der Waals surface area (Å²) < 4.78 is 0. The molecular weight excluding hydrogens is 300 g/mol. The van der Waals surface area contributed by atoms with Gasteiger partial charge in [-0.15, -0.1) is 23.1 Å². The summed E-state index contributed by atoms with van der Waals surface area (Å²) in [4.78, 5) is 6.77. The Morgan fingerprint density at radius 3 is 2.81 bits per heavy atom. The highest BCUT2D eigenvalue weighted by molar-refractivity contribution is 7.98. The molecule has 0 aliphatic heterocycles. The molecule has 3 rings (SSSR count). The van der Waals surface area contributed by atoms with E-state index in [2.05, 4.69) is 17.2 Å². The Morgan fingerprint density at radius 1 is 1.19 bits per heavy atom. The minimum atomic E-state index is 0.335. The van der Waals surface area contributed by atoms with E-state index in [1.807, 2.05) is 36.5 Å². The Kier molecular flexibility index (Phi) is 4.31. The Labute approximate surface area is 132 Å². The summed E-state index contributed by atoms with van der Waals surface area (Å²) in [5, 5.41) is 16.1. The van der Waals surface area contributed by atoms with Crippen LogP contribution < -0.4 is 5.32 Å². The summed E-state index contributed by atoms with van der Waals surface area (Å²) in [7, 11) is 0. The maximum Gasteiger partial charge on any atom is 0.182 e. The molecule has 0 spiro atoms. The minimum absolute atomic E-state index is 0.335. The maximum absolute atomic E-state index is 9.92. The Balaban J connectivity index is 1.80. The maximum atomic E-state index is 9.92. The third-order valence-electron chi connectivity index (χ3n) is 3.11. The molecule has 0 atom stereocenters. The van der Waals surface area contributed by atoms with Crippen LogP contribution in [-0.2, 0) is 5.75 Å². The molecule has 108 valence electrons. The highest BCUT2D eigenvalue weighted by Crippen LogP contribution is 2.35. The minimum Gasteiger partial charge on any atom is -0.507 e. The summed E-state index contributed by atoms with van der Waals surface area (Å²) in [6, 6.07) is 11.7. The van der Waals surface area contributed by atoms with Crippen molar-refractivity contribution in [3.8, 4) is 5.75 Å². The van der Waals surface area contributed by atoms with Gasteiger partial charge in [-0.05, 0) is 24.4 Å². The van der Waals surface area contributed by atoms with Gasteiger partial charge < -0.3 is 10.4 Å². The number of benzene rings is 2. The number of aromatic nitrogens is 1. The summed E-state index contributed by atoms with van der Waals surface area (Å²) >= 11 is 3.47. The van der Waals surface area contributed by atoms with Gasteiger partial charge in [-0.2, -0.15) is 0 Å². The second-order valence-corrected chi connectivity index (χ2v) is 6.71.